The molecule has 0 spiro atoms. The molecule has 1 heterocycles. The van der Waals surface area contributed by atoms with Crippen LogP contribution in [0.2, 0.25) is 0 Å². The highest BCUT2D eigenvalue weighted by Gasteiger charge is 2.47. The summed E-state index contributed by atoms with van der Waals surface area (Å²) in [7, 11) is 0. The molecule has 0 aromatic heterocycles. The van der Waals surface area contributed by atoms with E-state index in [4.69, 9.17) is 10.00 Å². The van der Waals surface area contributed by atoms with E-state index in [1.54, 1.807) is 72.8 Å². The SMILES string of the molecule is CCCOc1cccc(C2/C(=C(/O)c3ccccc3)C(=O)C(=O)N2c2ccc(C#N)cc2)c1. The van der Waals surface area contributed by atoms with Crippen LogP contribution in [0, 0.1) is 11.3 Å². The Bertz CT molecular complexity index is 1260. The monoisotopic (exact) mass is 438 g/mol. The Kier molecular flexibility index (Phi) is 6.23. The molecule has 4 rings (SSSR count). The van der Waals surface area contributed by atoms with Gasteiger partial charge in [0.15, 0.2) is 0 Å². The lowest BCUT2D eigenvalue weighted by Crippen LogP contribution is -2.29. The molecular formula is C27H22N2O4. The summed E-state index contributed by atoms with van der Waals surface area (Å²) in [6, 6.07) is 23.5. The molecule has 1 unspecified atom stereocenters. The largest absolute Gasteiger partial charge is 0.507 e. The fraction of sp³-hybridized carbons (Fsp3) is 0.148. The summed E-state index contributed by atoms with van der Waals surface area (Å²) in [6.07, 6.45) is 0.835. The molecule has 0 aliphatic carbocycles. The minimum Gasteiger partial charge on any atom is -0.507 e. The normalized spacial score (nSPS) is 17.1. The number of rotatable bonds is 6. The van der Waals surface area contributed by atoms with Gasteiger partial charge in [0.05, 0.1) is 29.9 Å². The highest BCUT2D eigenvalue weighted by Crippen LogP contribution is 2.42. The van der Waals surface area contributed by atoms with Gasteiger partial charge in [-0.1, -0.05) is 49.4 Å². The minimum atomic E-state index is -0.858. The molecule has 1 N–H and O–H groups in total. The maximum Gasteiger partial charge on any atom is 0.300 e. The van der Waals surface area contributed by atoms with Crippen LogP contribution in [0.1, 0.15) is 36.1 Å². The first-order valence-electron chi connectivity index (χ1n) is 10.6. The Morgan fingerprint density at radius 2 is 1.76 bits per heavy atom. The molecule has 6 heteroatoms. The smallest absolute Gasteiger partial charge is 0.300 e. The fourth-order valence-corrected chi connectivity index (χ4v) is 3.86. The van der Waals surface area contributed by atoms with Crippen molar-refractivity contribution in [2.75, 3.05) is 11.5 Å². The summed E-state index contributed by atoms with van der Waals surface area (Å²) in [5.74, 6) is -1.15. The third-order valence-corrected chi connectivity index (χ3v) is 5.41. The van der Waals surface area contributed by atoms with Gasteiger partial charge in [-0.05, 0) is 48.4 Å². The second kappa shape index (κ2) is 9.41. The number of Topliss-reactive ketones (excluding diaryl/α,β-unsaturated/α-hetero) is 1. The number of ether oxygens (including phenoxy) is 1. The molecule has 1 atom stereocenters. The first-order valence-corrected chi connectivity index (χ1v) is 10.6. The number of aliphatic hydroxyl groups excluding tert-OH is 1. The Morgan fingerprint density at radius 3 is 2.42 bits per heavy atom. The summed E-state index contributed by atoms with van der Waals surface area (Å²) in [4.78, 5) is 27.7. The van der Waals surface area contributed by atoms with E-state index in [1.165, 1.54) is 4.90 Å². The van der Waals surface area contributed by atoms with Crippen LogP contribution in [0.3, 0.4) is 0 Å². The Morgan fingerprint density at radius 1 is 1.03 bits per heavy atom. The van der Waals surface area contributed by atoms with E-state index in [1.807, 2.05) is 19.1 Å². The van der Waals surface area contributed by atoms with Crippen LogP contribution in [0.4, 0.5) is 5.69 Å². The van der Waals surface area contributed by atoms with Crippen molar-refractivity contribution < 1.29 is 19.4 Å². The number of ketones is 1. The van der Waals surface area contributed by atoms with Crippen LogP contribution in [-0.2, 0) is 9.59 Å². The molecule has 0 saturated carbocycles. The number of anilines is 1. The number of amides is 1. The third kappa shape index (κ3) is 4.21. The topological polar surface area (TPSA) is 90.6 Å². The lowest BCUT2D eigenvalue weighted by Gasteiger charge is -2.26. The van der Waals surface area contributed by atoms with Crippen molar-refractivity contribution in [3.05, 3.63) is 101 Å². The summed E-state index contributed by atoms with van der Waals surface area (Å²) in [6.45, 7) is 2.53. The highest BCUT2D eigenvalue weighted by atomic mass is 16.5. The molecule has 0 radical (unpaired) electrons. The first kappa shape index (κ1) is 21.8. The summed E-state index contributed by atoms with van der Waals surface area (Å²) in [5, 5.41) is 20.2. The van der Waals surface area contributed by atoms with Crippen molar-refractivity contribution in [3.8, 4) is 11.8 Å². The van der Waals surface area contributed by atoms with Gasteiger partial charge in [-0.15, -0.1) is 0 Å². The van der Waals surface area contributed by atoms with E-state index in [0.717, 1.165) is 6.42 Å². The predicted octanol–water partition coefficient (Wildman–Crippen LogP) is 4.97. The van der Waals surface area contributed by atoms with Gasteiger partial charge in [0.1, 0.15) is 11.5 Å². The second-order valence-corrected chi connectivity index (χ2v) is 7.61. The number of aliphatic hydroxyl groups is 1. The maximum atomic E-state index is 13.2. The van der Waals surface area contributed by atoms with Gasteiger partial charge in [0, 0.05) is 11.3 Å². The number of nitrogens with zero attached hydrogens (tertiary/aromatic N) is 2. The van der Waals surface area contributed by atoms with Crippen LogP contribution in [0.15, 0.2) is 84.4 Å². The third-order valence-electron chi connectivity index (χ3n) is 5.41. The molecule has 6 nitrogen and oxygen atoms in total. The van der Waals surface area contributed by atoms with E-state index in [9.17, 15) is 14.7 Å². The van der Waals surface area contributed by atoms with Crippen LogP contribution in [0.25, 0.3) is 5.76 Å². The van der Waals surface area contributed by atoms with Gasteiger partial charge in [0.25, 0.3) is 11.7 Å². The summed E-state index contributed by atoms with van der Waals surface area (Å²) >= 11 is 0. The predicted molar refractivity (Wildman–Crippen MR) is 125 cm³/mol. The summed E-state index contributed by atoms with van der Waals surface area (Å²) < 4.78 is 5.76. The standard InChI is InChI=1S/C27H22N2O4/c1-2-15-33-22-10-6-9-20(16-22)24-23(25(30)19-7-4-3-5-8-19)26(31)27(32)29(24)21-13-11-18(17-28)12-14-21/h3-14,16,24,30H,2,15H2,1H3/b25-23-. The number of carbonyl (C=O) groups excluding carboxylic acids is 2. The molecule has 3 aromatic rings. The number of hydrogen-bond acceptors (Lipinski definition) is 5. The van der Waals surface area contributed by atoms with Gasteiger partial charge >= 0.3 is 0 Å². The second-order valence-electron chi connectivity index (χ2n) is 7.61. The van der Waals surface area contributed by atoms with Crippen LogP contribution >= 0.6 is 0 Å². The molecular weight excluding hydrogens is 416 g/mol. The number of nitriles is 1. The van der Waals surface area contributed by atoms with Crippen molar-refractivity contribution in [2.24, 2.45) is 0 Å². The molecule has 1 aliphatic heterocycles. The minimum absolute atomic E-state index is 0.00296. The highest BCUT2D eigenvalue weighted by molar-refractivity contribution is 6.51. The van der Waals surface area contributed by atoms with Crippen LogP contribution < -0.4 is 9.64 Å². The lowest BCUT2D eigenvalue weighted by molar-refractivity contribution is -0.132. The van der Waals surface area contributed by atoms with Gasteiger partial charge in [0.2, 0.25) is 0 Å². The lowest BCUT2D eigenvalue weighted by atomic mass is 9.95. The van der Waals surface area contributed by atoms with Gasteiger partial charge in [-0.25, -0.2) is 0 Å². The Balaban J connectivity index is 1.90. The Hall–Kier alpha value is -4.37. The maximum absolute atomic E-state index is 13.2. The zero-order valence-electron chi connectivity index (χ0n) is 18.1. The van der Waals surface area contributed by atoms with Crippen LogP contribution in [-0.4, -0.2) is 23.4 Å². The molecule has 1 saturated heterocycles. The molecule has 1 amide bonds. The number of carbonyl (C=O) groups is 2. The van der Waals surface area contributed by atoms with E-state index in [2.05, 4.69) is 0 Å². The van der Waals surface area contributed by atoms with Crippen molar-refractivity contribution in [1.29, 1.82) is 5.26 Å². The van der Waals surface area contributed by atoms with Crippen LogP contribution in [0.5, 0.6) is 5.75 Å². The van der Waals surface area contributed by atoms with E-state index in [-0.39, 0.29) is 11.3 Å². The van der Waals surface area contributed by atoms with E-state index >= 15 is 0 Å². The molecule has 1 aliphatic rings. The Labute approximate surface area is 192 Å². The van der Waals surface area contributed by atoms with Gasteiger partial charge in [-0.2, -0.15) is 5.26 Å². The average molecular weight is 438 g/mol. The molecule has 3 aromatic carbocycles. The zero-order chi connectivity index (χ0) is 23.4. The van der Waals surface area contributed by atoms with Gasteiger partial charge < -0.3 is 9.84 Å². The quantitative estimate of drug-likeness (QED) is 0.333. The molecule has 0 bridgehead atoms. The zero-order valence-corrected chi connectivity index (χ0v) is 18.1. The van der Waals surface area contributed by atoms with Crippen molar-refractivity contribution >= 4 is 23.1 Å². The number of hydrogen-bond donors (Lipinski definition) is 1. The van der Waals surface area contributed by atoms with Crippen molar-refractivity contribution in [1.82, 2.24) is 0 Å². The summed E-state index contributed by atoms with van der Waals surface area (Å²) in [5.41, 5.74) is 1.96. The average Bonchev–Trinajstić information content (AvgIpc) is 3.13. The fourth-order valence-electron chi connectivity index (χ4n) is 3.86. The van der Waals surface area contributed by atoms with E-state index in [0.29, 0.717) is 34.7 Å². The van der Waals surface area contributed by atoms with E-state index < -0.39 is 17.7 Å². The molecule has 1 fully saturated rings. The number of benzene rings is 3. The first-order chi connectivity index (χ1) is 16.0. The van der Waals surface area contributed by atoms with Crippen molar-refractivity contribution in [3.63, 3.8) is 0 Å². The van der Waals surface area contributed by atoms with Gasteiger partial charge in [-0.3, -0.25) is 14.5 Å². The van der Waals surface area contributed by atoms with Crippen molar-refractivity contribution in [2.45, 2.75) is 19.4 Å². The molecule has 33 heavy (non-hydrogen) atoms. The molecule has 164 valence electrons.